The maximum atomic E-state index is 12.8. The Hall–Kier alpha value is -1.88. The number of rotatable bonds is 4. The first kappa shape index (κ1) is 13.5. The fourth-order valence-electron chi connectivity index (χ4n) is 1.74. The van der Waals surface area contributed by atoms with Crippen LogP contribution in [0.15, 0.2) is 53.4 Å². The summed E-state index contributed by atoms with van der Waals surface area (Å²) in [4.78, 5) is 0.261. The molecule has 100 valence electrons. The Morgan fingerprint density at radius 3 is 2.32 bits per heavy atom. The van der Waals surface area contributed by atoms with E-state index in [-0.39, 0.29) is 10.7 Å². The van der Waals surface area contributed by atoms with Gasteiger partial charge in [0.1, 0.15) is 5.82 Å². The van der Waals surface area contributed by atoms with Crippen LogP contribution in [-0.2, 0) is 16.4 Å². The molecular formula is C14H14FNO2S. The molecule has 0 aromatic heterocycles. The molecule has 0 radical (unpaired) electrons. The molecule has 0 amide bonds. The lowest BCUT2D eigenvalue weighted by Gasteiger charge is -2.10. The Labute approximate surface area is 112 Å². The molecule has 5 heteroatoms. The van der Waals surface area contributed by atoms with Crippen LogP contribution < -0.4 is 5.32 Å². The highest BCUT2D eigenvalue weighted by molar-refractivity contribution is 7.90. The first-order valence-corrected chi connectivity index (χ1v) is 7.63. The van der Waals surface area contributed by atoms with Crippen molar-refractivity contribution in [3.8, 4) is 0 Å². The van der Waals surface area contributed by atoms with Crippen LogP contribution in [0.4, 0.5) is 10.1 Å². The van der Waals surface area contributed by atoms with Crippen molar-refractivity contribution in [1.82, 2.24) is 0 Å². The second kappa shape index (κ2) is 5.40. The second-order valence-electron chi connectivity index (χ2n) is 4.25. The lowest BCUT2D eigenvalue weighted by atomic mass is 10.2. The maximum absolute atomic E-state index is 12.8. The lowest BCUT2D eigenvalue weighted by molar-refractivity contribution is 0.602. The van der Waals surface area contributed by atoms with E-state index in [1.165, 1.54) is 18.4 Å². The molecule has 0 bridgehead atoms. The third-order valence-electron chi connectivity index (χ3n) is 2.68. The molecule has 2 aromatic carbocycles. The van der Waals surface area contributed by atoms with Gasteiger partial charge in [0.05, 0.1) is 10.6 Å². The Bertz CT molecular complexity index is 666. The zero-order valence-electron chi connectivity index (χ0n) is 10.4. The summed E-state index contributed by atoms with van der Waals surface area (Å²) in [6, 6.07) is 12.8. The van der Waals surface area contributed by atoms with E-state index in [1.807, 2.05) is 0 Å². The minimum atomic E-state index is -3.27. The maximum Gasteiger partial charge on any atom is 0.177 e. The highest BCUT2D eigenvalue weighted by atomic mass is 32.2. The van der Waals surface area contributed by atoms with Gasteiger partial charge in [-0.15, -0.1) is 0 Å². The summed E-state index contributed by atoms with van der Waals surface area (Å²) in [7, 11) is -3.27. The molecular weight excluding hydrogens is 265 g/mol. The van der Waals surface area contributed by atoms with E-state index in [9.17, 15) is 12.8 Å². The van der Waals surface area contributed by atoms with E-state index >= 15 is 0 Å². The van der Waals surface area contributed by atoms with Crippen molar-refractivity contribution in [2.24, 2.45) is 0 Å². The molecule has 19 heavy (non-hydrogen) atoms. The van der Waals surface area contributed by atoms with Crippen molar-refractivity contribution in [2.45, 2.75) is 11.4 Å². The number of hydrogen-bond acceptors (Lipinski definition) is 3. The van der Waals surface area contributed by atoms with Gasteiger partial charge in [-0.05, 0) is 29.8 Å². The fourth-order valence-corrected chi connectivity index (χ4v) is 2.60. The van der Waals surface area contributed by atoms with Gasteiger partial charge < -0.3 is 5.32 Å². The van der Waals surface area contributed by atoms with Crippen LogP contribution in [0, 0.1) is 5.82 Å². The highest BCUT2D eigenvalue weighted by Gasteiger charge is 2.11. The normalized spacial score (nSPS) is 11.3. The molecule has 0 aliphatic carbocycles. The molecule has 2 rings (SSSR count). The average Bonchev–Trinajstić information content (AvgIpc) is 2.37. The molecule has 0 aliphatic rings. The van der Waals surface area contributed by atoms with E-state index < -0.39 is 9.84 Å². The van der Waals surface area contributed by atoms with Gasteiger partial charge >= 0.3 is 0 Å². The third-order valence-corrected chi connectivity index (χ3v) is 3.84. The summed E-state index contributed by atoms with van der Waals surface area (Å²) in [6.07, 6.45) is 1.17. The number of halogens is 1. The molecule has 0 unspecified atom stereocenters. The van der Waals surface area contributed by atoms with Crippen molar-refractivity contribution >= 4 is 15.5 Å². The van der Waals surface area contributed by atoms with Crippen LogP contribution in [-0.4, -0.2) is 14.7 Å². The van der Waals surface area contributed by atoms with E-state index in [4.69, 9.17) is 0 Å². The summed E-state index contributed by atoms with van der Waals surface area (Å²) in [5, 5.41) is 3.05. The van der Waals surface area contributed by atoms with E-state index in [1.54, 1.807) is 36.4 Å². The molecule has 2 aromatic rings. The molecule has 0 heterocycles. The van der Waals surface area contributed by atoms with Gasteiger partial charge in [0.15, 0.2) is 9.84 Å². The average molecular weight is 279 g/mol. The van der Waals surface area contributed by atoms with Gasteiger partial charge in [-0.2, -0.15) is 0 Å². The highest BCUT2D eigenvalue weighted by Crippen LogP contribution is 2.21. The third kappa shape index (κ3) is 3.54. The summed E-state index contributed by atoms with van der Waals surface area (Å²) >= 11 is 0. The summed E-state index contributed by atoms with van der Waals surface area (Å²) < 4.78 is 36.0. The smallest absolute Gasteiger partial charge is 0.177 e. The Morgan fingerprint density at radius 1 is 1.05 bits per heavy atom. The zero-order valence-corrected chi connectivity index (χ0v) is 11.2. The van der Waals surface area contributed by atoms with Gasteiger partial charge in [-0.3, -0.25) is 0 Å². The number of nitrogens with one attached hydrogen (secondary N) is 1. The Morgan fingerprint density at radius 2 is 1.68 bits per heavy atom. The zero-order chi connectivity index (χ0) is 13.9. The van der Waals surface area contributed by atoms with Gasteiger partial charge in [0.25, 0.3) is 0 Å². The molecule has 0 saturated carbocycles. The van der Waals surface area contributed by atoms with Crippen molar-refractivity contribution in [3.63, 3.8) is 0 Å². The van der Waals surface area contributed by atoms with E-state index in [0.717, 1.165) is 5.56 Å². The molecule has 0 saturated heterocycles. The van der Waals surface area contributed by atoms with Gasteiger partial charge in [0, 0.05) is 12.8 Å². The van der Waals surface area contributed by atoms with Crippen molar-refractivity contribution in [3.05, 3.63) is 59.9 Å². The van der Waals surface area contributed by atoms with Crippen LogP contribution >= 0.6 is 0 Å². The number of para-hydroxylation sites is 1. The van der Waals surface area contributed by atoms with E-state index in [0.29, 0.717) is 12.2 Å². The van der Waals surface area contributed by atoms with Gasteiger partial charge in [-0.25, -0.2) is 12.8 Å². The minimum absolute atomic E-state index is 0.261. The Balaban J connectivity index is 2.18. The summed E-state index contributed by atoms with van der Waals surface area (Å²) in [5.74, 6) is -0.291. The van der Waals surface area contributed by atoms with Gasteiger partial charge in [0.2, 0.25) is 0 Å². The monoisotopic (exact) mass is 279 g/mol. The van der Waals surface area contributed by atoms with Crippen molar-refractivity contribution < 1.29 is 12.8 Å². The first-order chi connectivity index (χ1) is 8.97. The summed E-state index contributed by atoms with van der Waals surface area (Å²) in [6.45, 7) is 0.437. The predicted molar refractivity (Wildman–Crippen MR) is 73.3 cm³/mol. The number of hydrogen-bond donors (Lipinski definition) is 1. The molecule has 3 nitrogen and oxygen atoms in total. The van der Waals surface area contributed by atoms with Crippen molar-refractivity contribution in [1.29, 1.82) is 0 Å². The largest absolute Gasteiger partial charge is 0.380 e. The SMILES string of the molecule is CS(=O)(=O)c1ccccc1NCc1ccc(F)cc1. The molecule has 1 N–H and O–H groups in total. The van der Waals surface area contributed by atoms with Crippen LogP contribution in [0.2, 0.25) is 0 Å². The first-order valence-electron chi connectivity index (χ1n) is 5.74. The lowest BCUT2D eigenvalue weighted by Crippen LogP contribution is -2.06. The number of sulfone groups is 1. The number of anilines is 1. The van der Waals surface area contributed by atoms with E-state index in [2.05, 4.69) is 5.32 Å². The Kier molecular flexibility index (Phi) is 3.85. The molecule has 0 atom stereocenters. The molecule has 0 spiro atoms. The van der Waals surface area contributed by atoms with Crippen LogP contribution in [0.5, 0.6) is 0 Å². The van der Waals surface area contributed by atoms with Crippen LogP contribution in [0.1, 0.15) is 5.56 Å². The minimum Gasteiger partial charge on any atom is -0.380 e. The standard InChI is InChI=1S/C14H14FNO2S/c1-19(17,18)14-5-3-2-4-13(14)16-10-11-6-8-12(15)9-7-11/h2-9,16H,10H2,1H3. The number of benzene rings is 2. The predicted octanol–water partition coefficient (Wildman–Crippen LogP) is 2.84. The fraction of sp³-hybridized carbons (Fsp3) is 0.143. The summed E-state index contributed by atoms with van der Waals surface area (Å²) in [5.41, 5.74) is 1.43. The van der Waals surface area contributed by atoms with Crippen LogP contribution in [0.3, 0.4) is 0 Å². The molecule has 0 aliphatic heterocycles. The van der Waals surface area contributed by atoms with Crippen molar-refractivity contribution in [2.75, 3.05) is 11.6 Å². The second-order valence-corrected chi connectivity index (χ2v) is 6.23. The topological polar surface area (TPSA) is 46.2 Å². The van der Waals surface area contributed by atoms with Gasteiger partial charge in [-0.1, -0.05) is 24.3 Å². The quantitative estimate of drug-likeness (QED) is 0.936. The molecule has 0 fully saturated rings. The van der Waals surface area contributed by atoms with Crippen LogP contribution in [0.25, 0.3) is 0 Å².